The first kappa shape index (κ1) is 56.9. The average Bonchev–Trinajstić information content (AvgIpc) is 2.98. The van der Waals surface area contributed by atoms with Crippen LogP contribution in [-0.4, -0.2) is 114 Å². The SMILES string of the molecule is C[Si](C)(Cl)C(F)(F)C(F)(F)C(F)(F)C(F)(F)C(F)(F)C(F)(F)C(F)(F)C(F)(F)C(F)(F)C(F)(F)C(F)(F)C(F)(F)C(F)(F)C(F)(F)C(F)(F)C(F)(F)C(F)(F)C(F)(F)F. The van der Waals surface area contributed by atoms with Crippen LogP contribution in [0.15, 0.2) is 0 Å². The highest BCUT2D eigenvalue weighted by atomic mass is 35.6. The van der Waals surface area contributed by atoms with Crippen LogP contribution in [0, 0.1) is 0 Å². The van der Waals surface area contributed by atoms with Crippen LogP contribution in [0.1, 0.15) is 0 Å². The summed E-state index contributed by atoms with van der Waals surface area (Å²) in [5.74, 6) is -158. The maximum absolute atomic E-state index is 14.0. The summed E-state index contributed by atoms with van der Waals surface area (Å²) < 4.78 is 504. The molecule has 0 aromatic carbocycles. The molecule has 0 amide bonds. The molecule has 0 aliphatic rings. The highest BCUT2D eigenvalue weighted by molar-refractivity contribution is 7.20. The van der Waals surface area contributed by atoms with Gasteiger partial charge < -0.3 is 0 Å². The molecule has 0 unspecified atom stereocenters. The predicted octanol–water partition coefficient (Wildman–Crippen LogP) is 13.3. The van der Waals surface area contributed by atoms with Crippen LogP contribution in [0.5, 0.6) is 0 Å². The summed E-state index contributed by atoms with van der Waals surface area (Å²) >= 11 is 4.57. The van der Waals surface area contributed by atoms with Crippen molar-refractivity contribution >= 4 is 18.5 Å². The van der Waals surface area contributed by atoms with E-state index in [2.05, 4.69) is 11.1 Å². The highest BCUT2D eigenvalue weighted by Crippen LogP contribution is 2.71. The van der Waals surface area contributed by atoms with Gasteiger partial charge in [-0.1, -0.05) is 13.1 Å². The molecule has 0 radical (unpaired) electrons. The molecule has 0 saturated carbocycles. The largest absolute Gasteiger partial charge is 0.460 e. The Morgan fingerprint density at radius 3 is 0.407 bits per heavy atom. The van der Waals surface area contributed by atoms with Crippen molar-refractivity contribution in [3.8, 4) is 0 Å². The summed E-state index contributed by atoms with van der Waals surface area (Å²) in [4.78, 5) is 0. The average molecular weight is 1010 g/mol. The van der Waals surface area contributed by atoms with Crippen molar-refractivity contribution in [3.05, 3.63) is 0 Å². The van der Waals surface area contributed by atoms with Crippen molar-refractivity contribution in [2.24, 2.45) is 0 Å². The lowest BCUT2D eigenvalue weighted by atomic mass is 9.82. The first-order valence-electron chi connectivity index (χ1n) is 12.7. The monoisotopic (exact) mass is 1010 g/mol. The van der Waals surface area contributed by atoms with E-state index in [-0.39, 0.29) is 0 Å². The van der Waals surface area contributed by atoms with Gasteiger partial charge in [0.15, 0.2) is 0 Å². The zero-order chi connectivity index (χ0) is 49.5. The van der Waals surface area contributed by atoms with Gasteiger partial charge in [0.25, 0.3) is 0 Å². The van der Waals surface area contributed by atoms with Crippen LogP contribution in [0.2, 0.25) is 13.1 Å². The molecule has 356 valence electrons. The van der Waals surface area contributed by atoms with Crippen molar-refractivity contribution in [1.29, 1.82) is 0 Å². The third-order valence-corrected chi connectivity index (χ3v) is 9.93. The second kappa shape index (κ2) is 13.5. The minimum Gasteiger partial charge on any atom is -0.203 e. The molecule has 0 aromatic heterocycles. The molecule has 0 aliphatic carbocycles. The normalized spacial score (nSPS) is 17.5. The van der Waals surface area contributed by atoms with Crippen molar-refractivity contribution in [2.45, 2.75) is 120 Å². The zero-order valence-corrected chi connectivity index (χ0v) is 27.6. The van der Waals surface area contributed by atoms with Crippen molar-refractivity contribution in [2.75, 3.05) is 0 Å². The Morgan fingerprint density at radius 1 is 0.203 bits per heavy atom. The molecule has 0 fully saturated rings. The fourth-order valence-electron chi connectivity index (χ4n) is 3.51. The molecular formula is C20H6ClF37Si. The number of alkyl halides is 37. The Kier molecular flexibility index (Phi) is 13.0. The molecule has 0 rings (SSSR count). The Bertz CT molecular complexity index is 1430. The molecule has 0 nitrogen and oxygen atoms in total. The quantitative estimate of drug-likeness (QED) is 0.0774. The molecule has 0 N–H and O–H groups in total. The van der Waals surface area contributed by atoms with Crippen molar-refractivity contribution in [1.82, 2.24) is 0 Å². The van der Waals surface area contributed by atoms with Gasteiger partial charge in [-0.3, -0.25) is 0 Å². The fraction of sp³-hybridized carbons (Fsp3) is 1.00. The zero-order valence-electron chi connectivity index (χ0n) is 25.9. The van der Waals surface area contributed by atoms with Gasteiger partial charge in [-0.05, 0) is 0 Å². The van der Waals surface area contributed by atoms with Gasteiger partial charge in [0.05, 0.1) is 0 Å². The van der Waals surface area contributed by atoms with Crippen LogP contribution < -0.4 is 0 Å². The van der Waals surface area contributed by atoms with E-state index >= 15 is 0 Å². The van der Waals surface area contributed by atoms with Gasteiger partial charge in [0.2, 0.25) is 7.38 Å². The van der Waals surface area contributed by atoms with E-state index in [0.29, 0.717) is 0 Å². The van der Waals surface area contributed by atoms with Gasteiger partial charge in [-0.15, -0.1) is 0 Å². The summed E-state index contributed by atoms with van der Waals surface area (Å²) in [5, 5.41) is 0. The molecule has 0 heterocycles. The van der Waals surface area contributed by atoms with Crippen LogP contribution in [0.4, 0.5) is 162 Å². The van der Waals surface area contributed by atoms with Crippen LogP contribution >= 0.6 is 11.1 Å². The lowest BCUT2D eigenvalue weighted by molar-refractivity contribution is -0.493. The molecule has 0 aromatic rings. The smallest absolute Gasteiger partial charge is 0.203 e. The first-order valence-corrected chi connectivity index (χ1v) is 16.7. The fourth-order valence-corrected chi connectivity index (χ4v) is 4.77. The summed E-state index contributed by atoms with van der Waals surface area (Å²) in [6.45, 7) is -1.02. The first-order chi connectivity index (χ1) is 24.5. The highest BCUT2D eigenvalue weighted by Gasteiger charge is 3.02. The van der Waals surface area contributed by atoms with Gasteiger partial charge >= 0.3 is 106 Å². The van der Waals surface area contributed by atoms with E-state index in [9.17, 15) is 162 Å². The van der Waals surface area contributed by atoms with Gasteiger partial charge in [0, 0.05) is 0 Å². The Morgan fingerprint density at radius 2 is 0.305 bits per heavy atom. The number of hydrogen-bond acceptors (Lipinski definition) is 0. The maximum atomic E-state index is 14.0. The van der Waals surface area contributed by atoms with Gasteiger partial charge in [-0.25, -0.2) is 8.78 Å². The van der Waals surface area contributed by atoms with E-state index in [0.717, 1.165) is 0 Å². The Labute approximate surface area is 301 Å². The minimum absolute atomic E-state index is 0.510. The van der Waals surface area contributed by atoms with E-state index in [4.69, 9.17) is 0 Å². The molecule has 0 spiro atoms. The standard InChI is InChI=1S/C20H6ClF37Si/c1-59(2,21)20(57,58)18(52,53)16(48,49)14(44,45)12(40,41)10(36,37)8(32,33)6(28,29)4(24,25)3(22,23)5(26,27)7(30,31)9(34,35)11(38,39)13(42,43)15(46,47)17(50,51)19(54,55)56/h1-2H3. The molecule has 0 atom stereocenters. The van der Waals surface area contributed by atoms with Gasteiger partial charge in [0.1, 0.15) is 0 Å². The molecule has 0 aliphatic heterocycles. The summed E-state index contributed by atoms with van der Waals surface area (Å²) in [6, 6.07) is 0. The lowest BCUT2D eigenvalue weighted by Gasteiger charge is -2.47. The number of halogens is 38. The van der Waals surface area contributed by atoms with Crippen LogP contribution in [0.3, 0.4) is 0 Å². The topological polar surface area (TPSA) is 0 Å². The predicted molar refractivity (Wildman–Crippen MR) is 113 cm³/mol. The summed E-state index contributed by atoms with van der Waals surface area (Å²) in [7, 11) is -6.22. The molecule has 59 heavy (non-hydrogen) atoms. The van der Waals surface area contributed by atoms with Crippen molar-refractivity contribution < 1.29 is 162 Å². The van der Waals surface area contributed by atoms with E-state index < -0.39 is 127 Å². The Balaban J connectivity index is 7.92. The van der Waals surface area contributed by atoms with Crippen LogP contribution in [0.25, 0.3) is 0 Å². The number of hydrogen-bond donors (Lipinski definition) is 0. The third kappa shape index (κ3) is 6.36. The maximum Gasteiger partial charge on any atom is 0.460 e. The molecular weight excluding hydrogens is 1010 g/mol. The van der Waals surface area contributed by atoms with Gasteiger partial charge in [-0.2, -0.15) is 165 Å². The van der Waals surface area contributed by atoms with E-state index in [1.54, 1.807) is 0 Å². The molecule has 39 heteroatoms. The summed E-state index contributed by atoms with van der Waals surface area (Å²) in [6.07, 6.45) is -8.46. The number of rotatable bonds is 17. The lowest BCUT2D eigenvalue weighted by Crippen LogP contribution is -2.80. The van der Waals surface area contributed by atoms with Crippen molar-refractivity contribution in [3.63, 3.8) is 0 Å². The molecule has 0 bridgehead atoms. The van der Waals surface area contributed by atoms with Crippen LogP contribution in [-0.2, 0) is 0 Å². The molecule has 0 saturated heterocycles. The second-order valence-corrected chi connectivity index (χ2v) is 18.1. The second-order valence-electron chi connectivity index (χ2n) is 11.7. The Hall–Kier alpha value is -2.08. The third-order valence-electron chi connectivity index (χ3n) is 7.41. The van der Waals surface area contributed by atoms with E-state index in [1.165, 1.54) is 0 Å². The minimum atomic E-state index is -10.4. The van der Waals surface area contributed by atoms with E-state index in [1.807, 2.05) is 0 Å². The summed E-state index contributed by atoms with van der Waals surface area (Å²) in [5.41, 5.74) is -7.13.